The Balaban J connectivity index is 1.76. The number of hydrogen-bond acceptors (Lipinski definition) is 4. The van der Waals surface area contributed by atoms with Crippen LogP contribution in [0.15, 0.2) is 29.9 Å². The van der Waals surface area contributed by atoms with Crippen molar-refractivity contribution in [2.75, 3.05) is 6.54 Å². The number of aromatic nitrogens is 2. The molecule has 2 heterocycles. The molecule has 0 aliphatic carbocycles. The van der Waals surface area contributed by atoms with E-state index in [2.05, 4.69) is 10.4 Å². The highest BCUT2D eigenvalue weighted by atomic mass is 32.1. The van der Waals surface area contributed by atoms with Gasteiger partial charge < -0.3 is 10.4 Å². The molecule has 16 heavy (non-hydrogen) atoms. The van der Waals surface area contributed by atoms with Crippen LogP contribution in [0.25, 0.3) is 0 Å². The van der Waals surface area contributed by atoms with E-state index in [-0.39, 0.29) is 0 Å². The molecule has 0 aliphatic heterocycles. The van der Waals surface area contributed by atoms with Gasteiger partial charge in [0.1, 0.15) is 6.10 Å². The third-order valence-electron chi connectivity index (χ3n) is 2.30. The number of aryl methyl sites for hydroxylation is 1. The first-order chi connectivity index (χ1) is 7.75. The summed E-state index contributed by atoms with van der Waals surface area (Å²) < 4.78 is 1.77. The average molecular weight is 237 g/mol. The summed E-state index contributed by atoms with van der Waals surface area (Å²) >= 11 is 1.57. The second kappa shape index (κ2) is 5.25. The second-order valence-electron chi connectivity index (χ2n) is 3.68. The Kier molecular flexibility index (Phi) is 3.71. The molecule has 0 radical (unpaired) electrons. The zero-order chi connectivity index (χ0) is 11.4. The summed E-state index contributed by atoms with van der Waals surface area (Å²) in [5, 5.41) is 19.1. The highest BCUT2D eigenvalue weighted by Gasteiger charge is 2.07. The fourth-order valence-electron chi connectivity index (χ4n) is 1.50. The number of aliphatic hydroxyl groups is 1. The topological polar surface area (TPSA) is 50.1 Å². The zero-order valence-electron chi connectivity index (χ0n) is 9.13. The largest absolute Gasteiger partial charge is 0.386 e. The molecular formula is C11H15N3OS. The molecule has 0 aliphatic rings. The lowest BCUT2D eigenvalue weighted by atomic mass is 10.3. The summed E-state index contributed by atoms with van der Waals surface area (Å²) in [6, 6.07) is 3.89. The molecule has 0 saturated heterocycles. The Hall–Kier alpha value is -1.17. The van der Waals surface area contributed by atoms with Crippen LogP contribution >= 0.6 is 11.3 Å². The van der Waals surface area contributed by atoms with Crippen LogP contribution in [0.2, 0.25) is 0 Å². The number of hydrogen-bond donors (Lipinski definition) is 2. The van der Waals surface area contributed by atoms with Gasteiger partial charge in [0.05, 0.1) is 6.20 Å². The van der Waals surface area contributed by atoms with Crippen LogP contribution in [0.5, 0.6) is 0 Å². The minimum Gasteiger partial charge on any atom is -0.386 e. The molecule has 5 heteroatoms. The summed E-state index contributed by atoms with van der Waals surface area (Å²) in [6.45, 7) is 1.30. The molecule has 2 rings (SSSR count). The van der Waals surface area contributed by atoms with Crippen molar-refractivity contribution < 1.29 is 5.11 Å². The lowest BCUT2D eigenvalue weighted by molar-refractivity contribution is 0.178. The van der Waals surface area contributed by atoms with Gasteiger partial charge in [-0.1, -0.05) is 6.07 Å². The van der Waals surface area contributed by atoms with Crippen LogP contribution < -0.4 is 5.32 Å². The maximum atomic E-state index is 9.82. The highest BCUT2D eigenvalue weighted by Crippen LogP contribution is 2.17. The third kappa shape index (κ3) is 2.91. The predicted octanol–water partition coefficient (Wildman–Crippen LogP) is 1.30. The monoisotopic (exact) mass is 237 g/mol. The Morgan fingerprint density at radius 2 is 2.50 bits per heavy atom. The van der Waals surface area contributed by atoms with E-state index in [1.807, 2.05) is 37.0 Å². The zero-order valence-corrected chi connectivity index (χ0v) is 9.94. The van der Waals surface area contributed by atoms with Gasteiger partial charge in [0, 0.05) is 36.8 Å². The molecule has 0 saturated carbocycles. The average Bonchev–Trinajstić information content (AvgIpc) is 2.89. The number of nitrogens with zero attached hydrogens (tertiary/aromatic N) is 2. The lowest BCUT2D eigenvalue weighted by Gasteiger charge is -2.08. The van der Waals surface area contributed by atoms with Crippen molar-refractivity contribution in [3.05, 3.63) is 40.3 Å². The third-order valence-corrected chi connectivity index (χ3v) is 3.27. The SMILES string of the molecule is Cn1cc(CNCC(O)c2cccs2)cn1. The smallest absolute Gasteiger partial charge is 0.101 e. The van der Waals surface area contributed by atoms with E-state index >= 15 is 0 Å². The molecule has 0 spiro atoms. The Labute approximate surface area is 98.5 Å². The molecule has 2 aromatic rings. The maximum absolute atomic E-state index is 9.82. The van der Waals surface area contributed by atoms with Crippen molar-refractivity contribution in [3.8, 4) is 0 Å². The van der Waals surface area contributed by atoms with Crippen molar-refractivity contribution in [1.82, 2.24) is 15.1 Å². The minimum atomic E-state index is -0.420. The molecule has 1 atom stereocenters. The van der Waals surface area contributed by atoms with Crippen LogP contribution in [0.1, 0.15) is 16.5 Å². The van der Waals surface area contributed by atoms with Gasteiger partial charge in [0.2, 0.25) is 0 Å². The first-order valence-electron chi connectivity index (χ1n) is 5.15. The van der Waals surface area contributed by atoms with Gasteiger partial charge in [-0.25, -0.2) is 0 Å². The number of thiophene rings is 1. The summed E-state index contributed by atoms with van der Waals surface area (Å²) in [5.41, 5.74) is 1.13. The molecule has 86 valence electrons. The van der Waals surface area contributed by atoms with E-state index in [1.165, 1.54) is 0 Å². The van der Waals surface area contributed by atoms with Crippen LogP contribution in [0.4, 0.5) is 0 Å². The van der Waals surface area contributed by atoms with E-state index in [9.17, 15) is 5.11 Å². The van der Waals surface area contributed by atoms with Crippen molar-refractivity contribution in [2.45, 2.75) is 12.6 Å². The van der Waals surface area contributed by atoms with Crippen molar-refractivity contribution >= 4 is 11.3 Å². The fraction of sp³-hybridized carbons (Fsp3) is 0.364. The van der Waals surface area contributed by atoms with Crippen LogP contribution in [0.3, 0.4) is 0 Å². The maximum Gasteiger partial charge on any atom is 0.101 e. The van der Waals surface area contributed by atoms with Gasteiger partial charge >= 0.3 is 0 Å². The first kappa shape index (κ1) is 11.3. The summed E-state index contributed by atoms with van der Waals surface area (Å²) in [7, 11) is 1.89. The lowest BCUT2D eigenvalue weighted by Crippen LogP contribution is -2.20. The van der Waals surface area contributed by atoms with Crippen molar-refractivity contribution in [2.24, 2.45) is 7.05 Å². The Morgan fingerprint density at radius 1 is 1.62 bits per heavy atom. The van der Waals surface area contributed by atoms with E-state index in [1.54, 1.807) is 16.0 Å². The van der Waals surface area contributed by atoms with Gasteiger partial charge in [-0.15, -0.1) is 11.3 Å². The first-order valence-corrected chi connectivity index (χ1v) is 6.03. The molecular weight excluding hydrogens is 222 g/mol. The van der Waals surface area contributed by atoms with Gasteiger partial charge in [-0.05, 0) is 11.4 Å². The molecule has 4 nitrogen and oxygen atoms in total. The van der Waals surface area contributed by atoms with Crippen molar-refractivity contribution in [1.29, 1.82) is 0 Å². The van der Waals surface area contributed by atoms with Crippen LogP contribution in [-0.2, 0) is 13.6 Å². The molecule has 1 unspecified atom stereocenters. The van der Waals surface area contributed by atoms with Gasteiger partial charge in [-0.2, -0.15) is 5.10 Å². The van der Waals surface area contributed by atoms with Gasteiger partial charge in [-0.3, -0.25) is 4.68 Å². The number of aliphatic hydroxyl groups excluding tert-OH is 1. The molecule has 0 aromatic carbocycles. The summed E-state index contributed by atoms with van der Waals surface area (Å²) in [5.74, 6) is 0. The molecule has 0 bridgehead atoms. The molecule has 0 amide bonds. The standard InChI is InChI=1S/C11H15N3OS/c1-14-8-9(6-13-14)5-12-7-10(15)11-3-2-4-16-11/h2-4,6,8,10,12,15H,5,7H2,1H3. The Morgan fingerprint density at radius 3 is 3.12 bits per heavy atom. The summed E-state index contributed by atoms with van der Waals surface area (Å²) in [6.07, 6.45) is 3.37. The van der Waals surface area contributed by atoms with Crippen LogP contribution in [0, 0.1) is 0 Å². The minimum absolute atomic E-state index is 0.420. The van der Waals surface area contributed by atoms with Gasteiger partial charge in [0.25, 0.3) is 0 Å². The molecule has 0 fully saturated rings. The number of rotatable bonds is 5. The highest BCUT2D eigenvalue weighted by molar-refractivity contribution is 7.10. The quantitative estimate of drug-likeness (QED) is 0.824. The fourth-order valence-corrected chi connectivity index (χ4v) is 2.21. The molecule has 2 aromatic heterocycles. The van der Waals surface area contributed by atoms with E-state index in [0.29, 0.717) is 6.54 Å². The number of nitrogens with one attached hydrogen (secondary N) is 1. The molecule has 2 N–H and O–H groups in total. The summed E-state index contributed by atoms with van der Waals surface area (Å²) in [4.78, 5) is 0.999. The van der Waals surface area contributed by atoms with E-state index in [0.717, 1.165) is 17.0 Å². The van der Waals surface area contributed by atoms with E-state index < -0.39 is 6.10 Å². The van der Waals surface area contributed by atoms with Gasteiger partial charge in [0.15, 0.2) is 0 Å². The normalized spacial score (nSPS) is 12.9. The second-order valence-corrected chi connectivity index (χ2v) is 4.66. The Bertz CT molecular complexity index is 424. The predicted molar refractivity (Wildman–Crippen MR) is 64.2 cm³/mol. The van der Waals surface area contributed by atoms with Crippen molar-refractivity contribution in [3.63, 3.8) is 0 Å². The van der Waals surface area contributed by atoms with E-state index in [4.69, 9.17) is 0 Å². The van der Waals surface area contributed by atoms with Crippen LogP contribution in [-0.4, -0.2) is 21.4 Å².